The normalized spacial score (nSPS) is 20.6. The number of ether oxygens (including phenoxy) is 2. The Morgan fingerprint density at radius 3 is 2.71 bits per heavy atom. The first-order valence-corrected chi connectivity index (χ1v) is 5.31. The molecule has 0 radical (unpaired) electrons. The molecule has 0 N–H and O–H groups in total. The summed E-state index contributed by atoms with van der Waals surface area (Å²) in [5.41, 5.74) is 0.0657. The minimum atomic E-state index is -0.0982. The second-order valence-electron chi connectivity index (χ2n) is 4.73. The molecule has 0 aromatic rings. The second kappa shape index (κ2) is 4.78. The number of carbonyl (C=O) groups excluding carboxylic acids is 1. The molecule has 0 amide bonds. The van der Waals surface area contributed by atoms with Crippen LogP contribution >= 0.6 is 0 Å². The van der Waals surface area contributed by atoms with E-state index in [0.717, 1.165) is 19.4 Å². The third-order valence-corrected chi connectivity index (χ3v) is 2.38. The van der Waals surface area contributed by atoms with Gasteiger partial charge in [0.25, 0.3) is 0 Å². The lowest BCUT2D eigenvalue weighted by Gasteiger charge is -2.22. The maximum Gasteiger partial charge on any atom is 0.306 e. The molecule has 0 spiro atoms. The van der Waals surface area contributed by atoms with E-state index in [1.807, 2.05) is 0 Å². The molecular formula is C11H20O3. The van der Waals surface area contributed by atoms with E-state index in [-0.39, 0.29) is 17.5 Å². The van der Waals surface area contributed by atoms with E-state index in [2.05, 4.69) is 20.8 Å². The Balaban J connectivity index is 2.16. The Morgan fingerprint density at radius 1 is 1.57 bits per heavy atom. The maximum absolute atomic E-state index is 11.4. The number of hydrogen-bond donors (Lipinski definition) is 0. The van der Waals surface area contributed by atoms with E-state index < -0.39 is 0 Å². The van der Waals surface area contributed by atoms with Crippen LogP contribution in [0.1, 0.15) is 40.0 Å². The summed E-state index contributed by atoms with van der Waals surface area (Å²) in [6.07, 6.45) is 2.84. The van der Waals surface area contributed by atoms with Gasteiger partial charge in [-0.15, -0.1) is 0 Å². The van der Waals surface area contributed by atoms with Gasteiger partial charge in [-0.2, -0.15) is 0 Å². The van der Waals surface area contributed by atoms with Gasteiger partial charge in [0.2, 0.25) is 0 Å². The minimum absolute atomic E-state index is 0.0657. The first-order valence-electron chi connectivity index (χ1n) is 5.31. The van der Waals surface area contributed by atoms with Gasteiger partial charge in [0, 0.05) is 0 Å². The number of esters is 1. The highest BCUT2D eigenvalue weighted by Gasteiger charge is 2.26. The molecule has 1 unspecified atom stereocenters. The van der Waals surface area contributed by atoms with Crippen molar-refractivity contribution < 1.29 is 14.3 Å². The largest absolute Gasteiger partial charge is 0.463 e. The SMILES string of the molecule is CCCC(C)(C)CC(=O)OCC1CO1. The van der Waals surface area contributed by atoms with Gasteiger partial charge >= 0.3 is 5.97 Å². The standard InChI is InChI=1S/C11H20O3/c1-4-5-11(2,3)6-10(12)14-8-9-7-13-9/h9H,4-8H2,1-3H3. The molecule has 14 heavy (non-hydrogen) atoms. The third kappa shape index (κ3) is 4.61. The average Bonchev–Trinajstić information content (AvgIpc) is 2.82. The van der Waals surface area contributed by atoms with Crippen LogP contribution in [0, 0.1) is 5.41 Å². The number of rotatable bonds is 6. The highest BCUT2D eigenvalue weighted by atomic mass is 16.6. The van der Waals surface area contributed by atoms with Gasteiger partial charge in [0.15, 0.2) is 0 Å². The van der Waals surface area contributed by atoms with Crippen LogP contribution in [0.5, 0.6) is 0 Å². The van der Waals surface area contributed by atoms with E-state index in [4.69, 9.17) is 9.47 Å². The molecule has 1 rings (SSSR count). The zero-order chi connectivity index (χ0) is 10.6. The summed E-state index contributed by atoms with van der Waals surface area (Å²) >= 11 is 0. The molecule has 1 atom stereocenters. The van der Waals surface area contributed by atoms with Crippen LogP contribution < -0.4 is 0 Å². The molecule has 0 aromatic carbocycles. The fourth-order valence-corrected chi connectivity index (χ4v) is 1.56. The van der Waals surface area contributed by atoms with Gasteiger partial charge in [0.1, 0.15) is 12.7 Å². The zero-order valence-electron chi connectivity index (χ0n) is 9.34. The van der Waals surface area contributed by atoms with Crippen LogP contribution in [0.2, 0.25) is 0 Å². The van der Waals surface area contributed by atoms with Crippen LogP contribution in [0.15, 0.2) is 0 Å². The predicted octanol–water partition coefficient (Wildman–Crippen LogP) is 2.14. The van der Waals surface area contributed by atoms with Crippen molar-refractivity contribution in [2.45, 2.75) is 46.1 Å². The highest BCUT2D eigenvalue weighted by Crippen LogP contribution is 2.27. The maximum atomic E-state index is 11.4. The fourth-order valence-electron chi connectivity index (χ4n) is 1.56. The molecule has 1 fully saturated rings. The molecule has 0 aromatic heterocycles. The smallest absolute Gasteiger partial charge is 0.306 e. The number of hydrogen-bond acceptors (Lipinski definition) is 3. The minimum Gasteiger partial charge on any atom is -0.463 e. The van der Waals surface area contributed by atoms with E-state index in [0.29, 0.717) is 13.0 Å². The van der Waals surface area contributed by atoms with Crippen molar-refractivity contribution in [3.63, 3.8) is 0 Å². The van der Waals surface area contributed by atoms with Crippen LogP contribution in [0.25, 0.3) is 0 Å². The average molecular weight is 200 g/mol. The van der Waals surface area contributed by atoms with Gasteiger partial charge in [-0.25, -0.2) is 0 Å². The Kier molecular flexibility index (Phi) is 3.93. The molecule has 0 aliphatic carbocycles. The first kappa shape index (κ1) is 11.5. The van der Waals surface area contributed by atoms with Crippen molar-refractivity contribution in [1.82, 2.24) is 0 Å². The van der Waals surface area contributed by atoms with Gasteiger partial charge in [0.05, 0.1) is 13.0 Å². The summed E-state index contributed by atoms with van der Waals surface area (Å²) in [7, 11) is 0. The van der Waals surface area contributed by atoms with E-state index in [1.54, 1.807) is 0 Å². The Bertz CT molecular complexity index is 195. The van der Waals surface area contributed by atoms with Crippen molar-refractivity contribution in [2.75, 3.05) is 13.2 Å². The lowest BCUT2D eigenvalue weighted by atomic mass is 9.85. The molecule has 0 bridgehead atoms. The van der Waals surface area contributed by atoms with Crippen molar-refractivity contribution in [3.8, 4) is 0 Å². The fraction of sp³-hybridized carbons (Fsp3) is 0.909. The Morgan fingerprint density at radius 2 is 2.21 bits per heavy atom. The molecular weight excluding hydrogens is 180 g/mol. The highest BCUT2D eigenvalue weighted by molar-refractivity contribution is 5.70. The van der Waals surface area contributed by atoms with Crippen LogP contribution in [-0.2, 0) is 14.3 Å². The van der Waals surface area contributed by atoms with Crippen LogP contribution in [0.4, 0.5) is 0 Å². The topological polar surface area (TPSA) is 38.8 Å². The summed E-state index contributed by atoms with van der Waals surface area (Å²) in [6.45, 7) is 7.51. The van der Waals surface area contributed by atoms with Gasteiger partial charge in [-0.05, 0) is 11.8 Å². The lowest BCUT2D eigenvalue weighted by Crippen LogP contribution is -2.20. The second-order valence-corrected chi connectivity index (χ2v) is 4.73. The summed E-state index contributed by atoms with van der Waals surface area (Å²) in [4.78, 5) is 11.4. The molecule has 1 aliphatic rings. The van der Waals surface area contributed by atoms with Crippen molar-refractivity contribution >= 4 is 5.97 Å². The van der Waals surface area contributed by atoms with Gasteiger partial charge < -0.3 is 9.47 Å². The predicted molar refractivity (Wildman–Crippen MR) is 54.0 cm³/mol. The monoisotopic (exact) mass is 200 g/mol. The Hall–Kier alpha value is -0.570. The van der Waals surface area contributed by atoms with E-state index >= 15 is 0 Å². The molecule has 0 saturated carbocycles. The van der Waals surface area contributed by atoms with Gasteiger partial charge in [-0.3, -0.25) is 4.79 Å². The van der Waals surface area contributed by atoms with Crippen molar-refractivity contribution in [2.24, 2.45) is 5.41 Å². The zero-order valence-corrected chi connectivity index (χ0v) is 9.34. The molecule has 3 heteroatoms. The van der Waals surface area contributed by atoms with Crippen molar-refractivity contribution in [3.05, 3.63) is 0 Å². The summed E-state index contributed by atoms with van der Waals surface area (Å²) < 4.78 is 10.0. The van der Waals surface area contributed by atoms with Crippen LogP contribution in [-0.4, -0.2) is 25.3 Å². The number of carbonyl (C=O) groups is 1. The van der Waals surface area contributed by atoms with E-state index in [1.165, 1.54) is 0 Å². The van der Waals surface area contributed by atoms with E-state index in [9.17, 15) is 4.79 Å². The lowest BCUT2D eigenvalue weighted by molar-refractivity contribution is -0.146. The third-order valence-electron chi connectivity index (χ3n) is 2.38. The summed E-state index contributed by atoms with van der Waals surface area (Å²) in [6, 6.07) is 0. The Labute approximate surface area is 85.8 Å². The van der Waals surface area contributed by atoms with Crippen LogP contribution in [0.3, 0.4) is 0 Å². The first-order chi connectivity index (χ1) is 6.53. The quantitative estimate of drug-likeness (QED) is 0.487. The molecule has 1 heterocycles. The summed E-state index contributed by atoms with van der Waals surface area (Å²) in [5.74, 6) is -0.0982. The molecule has 1 aliphatic heterocycles. The van der Waals surface area contributed by atoms with Gasteiger partial charge in [-0.1, -0.05) is 27.2 Å². The summed E-state index contributed by atoms with van der Waals surface area (Å²) in [5, 5.41) is 0. The number of epoxide rings is 1. The molecule has 82 valence electrons. The van der Waals surface area contributed by atoms with Crippen molar-refractivity contribution in [1.29, 1.82) is 0 Å². The molecule has 1 saturated heterocycles. The molecule has 3 nitrogen and oxygen atoms in total.